The standard InChI is InChI=1S/C11H19N5O/c1-11(2,3)10-13-8(14-15-10)9(17)16-5-4-7(12)6-16/h7H,4-6,12H2,1-3H3,(H,13,14,15). The lowest BCUT2D eigenvalue weighted by Crippen LogP contribution is -2.32. The van der Waals surface area contributed by atoms with Crippen molar-refractivity contribution in [3.05, 3.63) is 11.6 Å². The van der Waals surface area contributed by atoms with Gasteiger partial charge in [-0.05, 0) is 6.42 Å². The quantitative estimate of drug-likeness (QED) is 0.734. The van der Waals surface area contributed by atoms with Gasteiger partial charge in [-0.2, -0.15) is 0 Å². The summed E-state index contributed by atoms with van der Waals surface area (Å²) in [5, 5.41) is 6.81. The smallest absolute Gasteiger partial charge is 0.293 e. The third-order valence-electron chi connectivity index (χ3n) is 2.90. The summed E-state index contributed by atoms with van der Waals surface area (Å²) in [6.07, 6.45) is 0.849. The van der Waals surface area contributed by atoms with Crippen molar-refractivity contribution in [1.29, 1.82) is 0 Å². The molecule has 0 saturated carbocycles. The minimum absolute atomic E-state index is 0.0833. The Kier molecular flexibility index (Phi) is 2.91. The summed E-state index contributed by atoms with van der Waals surface area (Å²) in [5.41, 5.74) is 5.64. The Balaban J connectivity index is 2.13. The molecule has 0 radical (unpaired) electrons. The lowest BCUT2D eigenvalue weighted by atomic mass is 9.96. The molecule has 6 heteroatoms. The van der Waals surface area contributed by atoms with Gasteiger partial charge in [0.1, 0.15) is 5.82 Å². The second kappa shape index (κ2) is 4.10. The van der Waals surface area contributed by atoms with Crippen LogP contribution in [-0.2, 0) is 5.41 Å². The average molecular weight is 237 g/mol. The molecule has 1 amide bonds. The number of aromatic nitrogens is 3. The number of nitrogens with one attached hydrogen (secondary N) is 1. The SMILES string of the molecule is CC(C)(C)c1nc(C(=O)N2CCC(N)C2)n[nH]1. The van der Waals surface area contributed by atoms with Crippen molar-refractivity contribution in [3.8, 4) is 0 Å². The summed E-state index contributed by atoms with van der Waals surface area (Å²) in [6, 6.07) is 0.0833. The van der Waals surface area contributed by atoms with E-state index in [4.69, 9.17) is 5.73 Å². The molecule has 0 aromatic carbocycles. The van der Waals surface area contributed by atoms with Gasteiger partial charge in [0.25, 0.3) is 5.91 Å². The summed E-state index contributed by atoms with van der Waals surface area (Å²) in [7, 11) is 0. The summed E-state index contributed by atoms with van der Waals surface area (Å²) in [6.45, 7) is 7.35. The molecule has 1 aromatic heterocycles. The van der Waals surface area contributed by atoms with Crippen molar-refractivity contribution in [3.63, 3.8) is 0 Å². The van der Waals surface area contributed by atoms with Gasteiger partial charge in [0.2, 0.25) is 5.82 Å². The lowest BCUT2D eigenvalue weighted by Gasteiger charge is -2.14. The van der Waals surface area contributed by atoms with Crippen molar-refractivity contribution in [2.45, 2.75) is 38.6 Å². The number of amides is 1. The molecule has 6 nitrogen and oxygen atoms in total. The first-order valence-electron chi connectivity index (χ1n) is 5.85. The topological polar surface area (TPSA) is 87.9 Å². The molecule has 1 aromatic rings. The molecule has 0 aliphatic carbocycles. The highest BCUT2D eigenvalue weighted by atomic mass is 16.2. The maximum atomic E-state index is 12.1. The Morgan fingerprint density at radius 2 is 2.24 bits per heavy atom. The number of nitrogens with zero attached hydrogens (tertiary/aromatic N) is 3. The van der Waals surface area contributed by atoms with E-state index in [2.05, 4.69) is 15.2 Å². The molecule has 3 N–H and O–H groups in total. The van der Waals surface area contributed by atoms with E-state index in [1.807, 2.05) is 20.8 Å². The summed E-state index contributed by atoms with van der Waals surface area (Å²) >= 11 is 0. The van der Waals surface area contributed by atoms with E-state index in [0.29, 0.717) is 13.1 Å². The predicted octanol–water partition coefficient (Wildman–Crippen LogP) is 0.275. The molecule has 0 spiro atoms. The van der Waals surface area contributed by atoms with E-state index in [1.54, 1.807) is 4.90 Å². The molecule has 1 saturated heterocycles. The first-order valence-corrected chi connectivity index (χ1v) is 5.85. The average Bonchev–Trinajstić information content (AvgIpc) is 2.83. The van der Waals surface area contributed by atoms with E-state index in [0.717, 1.165) is 12.2 Å². The Morgan fingerprint density at radius 1 is 1.53 bits per heavy atom. The van der Waals surface area contributed by atoms with Gasteiger partial charge in [0.15, 0.2) is 0 Å². The molecule has 2 heterocycles. The van der Waals surface area contributed by atoms with Gasteiger partial charge < -0.3 is 10.6 Å². The van der Waals surface area contributed by atoms with Gasteiger partial charge in [-0.15, -0.1) is 5.10 Å². The molecule has 1 unspecified atom stereocenters. The third kappa shape index (κ3) is 2.46. The highest BCUT2D eigenvalue weighted by molar-refractivity contribution is 5.90. The van der Waals surface area contributed by atoms with Crippen LogP contribution in [-0.4, -0.2) is 45.1 Å². The Morgan fingerprint density at radius 3 is 2.71 bits per heavy atom. The van der Waals surface area contributed by atoms with Crippen LogP contribution in [0.5, 0.6) is 0 Å². The number of carbonyl (C=O) groups is 1. The zero-order valence-electron chi connectivity index (χ0n) is 10.5. The molecule has 0 bridgehead atoms. The van der Waals surface area contributed by atoms with Crippen molar-refractivity contribution >= 4 is 5.91 Å². The molecular formula is C11H19N5O. The van der Waals surface area contributed by atoms with E-state index in [-0.39, 0.29) is 23.2 Å². The number of rotatable bonds is 1. The van der Waals surface area contributed by atoms with E-state index in [1.165, 1.54) is 0 Å². The summed E-state index contributed by atoms with van der Waals surface area (Å²) in [4.78, 5) is 18.0. The van der Waals surface area contributed by atoms with Crippen molar-refractivity contribution in [2.75, 3.05) is 13.1 Å². The molecule has 1 aliphatic rings. The molecule has 94 valence electrons. The zero-order chi connectivity index (χ0) is 12.6. The minimum atomic E-state index is -0.135. The molecular weight excluding hydrogens is 218 g/mol. The minimum Gasteiger partial charge on any atom is -0.334 e. The maximum absolute atomic E-state index is 12.1. The lowest BCUT2D eigenvalue weighted by molar-refractivity contribution is 0.0779. The predicted molar refractivity (Wildman–Crippen MR) is 63.6 cm³/mol. The Labute approximate surface area is 101 Å². The number of nitrogens with two attached hydrogens (primary N) is 1. The van der Waals surface area contributed by atoms with Gasteiger partial charge in [0.05, 0.1) is 0 Å². The van der Waals surface area contributed by atoms with Gasteiger partial charge >= 0.3 is 0 Å². The van der Waals surface area contributed by atoms with Crippen LogP contribution in [0.1, 0.15) is 43.6 Å². The van der Waals surface area contributed by atoms with Crippen LogP contribution in [0, 0.1) is 0 Å². The molecule has 1 fully saturated rings. The maximum Gasteiger partial charge on any atom is 0.293 e. The van der Waals surface area contributed by atoms with Gasteiger partial charge in [-0.25, -0.2) is 4.98 Å². The van der Waals surface area contributed by atoms with Crippen molar-refractivity contribution in [2.24, 2.45) is 5.73 Å². The van der Waals surface area contributed by atoms with E-state index >= 15 is 0 Å². The largest absolute Gasteiger partial charge is 0.334 e. The van der Waals surface area contributed by atoms with Gasteiger partial charge in [-0.3, -0.25) is 9.89 Å². The fourth-order valence-corrected chi connectivity index (χ4v) is 1.81. The zero-order valence-corrected chi connectivity index (χ0v) is 10.5. The van der Waals surface area contributed by atoms with E-state index < -0.39 is 0 Å². The van der Waals surface area contributed by atoms with Gasteiger partial charge in [0, 0.05) is 24.5 Å². The van der Waals surface area contributed by atoms with Crippen LogP contribution in [0.2, 0.25) is 0 Å². The summed E-state index contributed by atoms with van der Waals surface area (Å²) < 4.78 is 0. The van der Waals surface area contributed by atoms with Crippen LogP contribution < -0.4 is 5.73 Å². The number of H-pyrrole nitrogens is 1. The van der Waals surface area contributed by atoms with Crippen LogP contribution in [0.15, 0.2) is 0 Å². The van der Waals surface area contributed by atoms with Crippen molar-refractivity contribution < 1.29 is 4.79 Å². The normalized spacial score (nSPS) is 20.9. The van der Waals surface area contributed by atoms with Crippen molar-refractivity contribution in [1.82, 2.24) is 20.1 Å². The number of aromatic amines is 1. The number of carbonyl (C=O) groups excluding carboxylic acids is 1. The van der Waals surface area contributed by atoms with Crippen LogP contribution in [0.4, 0.5) is 0 Å². The Hall–Kier alpha value is -1.43. The highest BCUT2D eigenvalue weighted by Gasteiger charge is 2.28. The Bertz CT molecular complexity index is 420. The molecule has 2 rings (SSSR count). The first-order chi connectivity index (χ1) is 7.88. The van der Waals surface area contributed by atoms with Crippen LogP contribution >= 0.6 is 0 Å². The number of hydrogen-bond donors (Lipinski definition) is 2. The monoisotopic (exact) mass is 237 g/mol. The number of likely N-dealkylation sites (tertiary alicyclic amines) is 1. The summed E-state index contributed by atoms with van der Waals surface area (Å²) in [5.74, 6) is 0.832. The molecule has 1 aliphatic heterocycles. The van der Waals surface area contributed by atoms with Crippen LogP contribution in [0.25, 0.3) is 0 Å². The second-order valence-electron chi connectivity index (χ2n) is 5.56. The second-order valence-corrected chi connectivity index (χ2v) is 5.56. The van der Waals surface area contributed by atoms with Gasteiger partial charge in [-0.1, -0.05) is 20.8 Å². The third-order valence-corrected chi connectivity index (χ3v) is 2.90. The molecule has 1 atom stereocenters. The highest BCUT2D eigenvalue weighted by Crippen LogP contribution is 2.18. The molecule has 17 heavy (non-hydrogen) atoms. The first kappa shape index (κ1) is 12.0. The van der Waals surface area contributed by atoms with E-state index in [9.17, 15) is 4.79 Å². The fourth-order valence-electron chi connectivity index (χ4n) is 1.81. The number of hydrogen-bond acceptors (Lipinski definition) is 4. The fraction of sp³-hybridized carbons (Fsp3) is 0.727. The van der Waals surface area contributed by atoms with Crippen LogP contribution in [0.3, 0.4) is 0 Å².